The molecule has 2 rings (SSSR count). The minimum absolute atomic E-state index is 0.0399. The summed E-state index contributed by atoms with van der Waals surface area (Å²) in [7, 11) is 0. The summed E-state index contributed by atoms with van der Waals surface area (Å²) in [6.07, 6.45) is 0.901. The Labute approximate surface area is 129 Å². The smallest absolute Gasteiger partial charge is 0.307 e. The lowest BCUT2D eigenvalue weighted by Gasteiger charge is -2.09. The van der Waals surface area contributed by atoms with Crippen molar-refractivity contribution < 1.29 is 14.6 Å². The number of carboxylic acid groups (broad SMARTS) is 1. The Kier molecular flexibility index (Phi) is 5.23. The van der Waals surface area contributed by atoms with Crippen molar-refractivity contribution in [2.24, 2.45) is 0 Å². The van der Waals surface area contributed by atoms with Crippen LogP contribution in [0.5, 0.6) is 5.75 Å². The first-order chi connectivity index (χ1) is 10.1. The second-order valence-electron chi connectivity index (χ2n) is 4.78. The van der Waals surface area contributed by atoms with E-state index in [9.17, 15) is 4.79 Å². The van der Waals surface area contributed by atoms with Crippen molar-refractivity contribution in [1.82, 2.24) is 0 Å². The molecular weight excluding hydrogens is 288 g/mol. The monoisotopic (exact) mass is 304 g/mol. The highest BCUT2D eigenvalue weighted by Gasteiger charge is 2.03. The second-order valence-corrected chi connectivity index (χ2v) is 5.19. The van der Waals surface area contributed by atoms with E-state index in [1.165, 1.54) is 0 Å². The third-order valence-corrected chi connectivity index (χ3v) is 3.55. The number of aryl methyl sites for hydroxylation is 1. The van der Waals surface area contributed by atoms with Crippen LogP contribution >= 0.6 is 11.6 Å². The predicted molar refractivity (Wildman–Crippen MR) is 82.9 cm³/mol. The van der Waals surface area contributed by atoms with Gasteiger partial charge in [-0.2, -0.15) is 0 Å². The van der Waals surface area contributed by atoms with Crippen LogP contribution in [0.3, 0.4) is 0 Å². The molecule has 0 heterocycles. The van der Waals surface area contributed by atoms with Gasteiger partial charge in [-0.05, 0) is 41.3 Å². The number of carbonyl (C=O) groups is 1. The van der Waals surface area contributed by atoms with Crippen molar-refractivity contribution in [3.05, 3.63) is 64.2 Å². The van der Waals surface area contributed by atoms with E-state index in [1.807, 2.05) is 49.4 Å². The summed E-state index contributed by atoms with van der Waals surface area (Å²) in [5, 5.41) is 9.48. The highest BCUT2D eigenvalue weighted by atomic mass is 35.5. The van der Waals surface area contributed by atoms with Crippen molar-refractivity contribution in [3.8, 4) is 5.75 Å². The molecule has 21 heavy (non-hydrogen) atoms. The van der Waals surface area contributed by atoms with E-state index in [0.717, 1.165) is 33.9 Å². The van der Waals surface area contributed by atoms with Gasteiger partial charge < -0.3 is 9.84 Å². The number of aliphatic carboxylic acids is 1. The maximum absolute atomic E-state index is 10.6. The molecule has 0 unspecified atom stereocenters. The number of hydrogen-bond acceptors (Lipinski definition) is 2. The lowest BCUT2D eigenvalue weighted by Crippen LogP contribution is -2.01. The Morgan fingerprint density at radius 3 is 2.43 bits per heavy atom. The van der Waals surface area contributed by atoms with Gasteiger partial charge in [0.2, 0.25) is 0 Å². The molecule has 0 bridgehead atoms. The average molecular weight is 305 g/mol. The van der Waals surface area contributed by atoms with E-state index in [2.05, 4.69) is 0 Å². The molecule has 0 aliphatic heterocycles. The molecule has 2 aromatic carbocycles. The van der Waals surface area contributed by atoms with Crippen LogP contribution in [0.15, 0.2) is 42.5 Å². The molecule has 0 saturated carbocycles. The van der Waals surface area contributed by atoms with Crippen LogP contribution < -0.4 is 4.74 Å². The Morgan fingerprint density at radius 1 is 1.14 bits per heavy atom. The Balaban J connectivity index is 1.98. The van der Waals surface area contributed by atoms with E-state index in [-0.39, 0.29) is 6.42 Å². The molecule has 110 valence electrons. The fourth-order valence-electron chi connectivity index (χ4n) is 2.01. The Hall–Kier alpha value is -2.00. The zero-order valence-electron chi connectivity index (χ0n) is 11.8. The van der Waals surface area contributed by atoms with Gasteiger partial charge in [0, 0.05) is 5.02 Å². The number of halogens is 1. The van der Waals surface area contributed by atoms with Gasteiger partial charge in [-0.15, -0.1) is 0 Å². The number of ether oxygens (including phenoxy) is 1. The van der Waals surface area contributed by atoms with Gasteiger partial charge in [-0.3, -0.25) is 4.79 Å². The van der Waals surface area contributed by atoms with Crippen LogP contribution in [-0.2, 0) is 24.2 Å². The topological polar surface area (TPSA) is 46.5 Å². The third-order valence-electron chi connectivity index (χ3n) is 3.18. The quantitative estimate of drug-likeness (QED) is 0.873. The second kappa shape index (κ2) is 7.14. The fourth-order valence-corrected chi connectivity index (χ4v) is 2.26. The third kappa shape index (κ3) is 4.50. The molecule has 0 spiro atoms. The van der Waals surface area contributed by atoms with Crippen LogP contribution in [0.1, 0.15) is 23.6 Å². The van der Waals surface area contributed by atoms with E-state index < -0.39 is 5.97 Å². The number of benzene rings is 2. The molecular formula is C17H17ClO3. The van der Waals surface area contributed by atoms with Crippen molar-refractivity contribution in [1.29, 1.82) is 0 Å². The summed E-state index contributed by atoms with van der Waals surface area (Å²) in [4.78, 5) is 10.6. The summed E-state index contributed by atoms with van der Waals surface area (Å²) >= 11 is 6.07. The van der Waals surface area contributed by atoms with Gasteiger partial charge in [0.15, 0.2) is 0 Å². The first kappa shape index (κ1) is 15.4. The summed E-state index contributed by atoms with van der Waals surface area (Å²) in [6.45, 7) is 2.49. The SMILES string of the molecule is CCc1cc(OCc2ccc(CC(=O)O)cc2)ccc1Cl. The summed E-state index contributed by atoms with van der Waals surface area (Å²) in [5.74, 6) is -0.0434. The van der Waals surface area contributed by atoms with Gasteiger partial charge in [0.1, 0.15) is 12.4 Å². The average Bonchev–Trinajstić information content (AvgIpc) is 2.47. The molecule has 4 heteroatoms. The molecule has 0 radical (unpaired) electrons. The van der Waals surface area contributed by atoms with Gasteiger partial charge in [0.05, 0.1) is 6.42 Å². The number of carboxylic acids is 1. The molecule has 2 aromatic rings. The van der Waals surface area contributed by atoms with Gasteiger partial charge >= 0.3 is 5.97 Å². The summed E-state index contributed by atoms with van der Waals surface area (Å²) in [5.41, 5.74) is 2.84. The molecule has 0 aromatic heterocycles. The van der Waals surface area contributed by atoms with Crippen LogP contribution in [0.25, 0.3) is 0 Å². The first-order valence-corrected chi connectivity index (χ1v) is 7.17. The standard InChI is InChI=1S/C17H17ClO3/c1-2-14-10-15(7-8-16(14)18)21-11-13-5-3-12(4-6-13)9-17(19)20/h3-8,10H,2,9,11H2,1H3,(H,19,20). The number of rotatable bonds is 6. The first-order valence-electron chi connectivity index (χ1n) is 6.79. The summed E-state index contributed by atoms with van der Waals surface area (Å²) in [6, 6.07) is 13.0. The minimum atomic E-state index is -0.827. The van der Waals surface area contributed by atoms with Crippen LogP contribution in [0.2, 0.25) is 5.02 Å². The highest BCUT2D eigenvalue weighted by molar-refractivity contribution is 6.31. The Morgan fingerprint density at radius 2 is 1.81 bits per heavy atom. The van der Waals surface area contributed by atoms with Gasteiger partial charge in [-0.1, -0.05) is 42.8 Å². The van der Waals surface area contributed by atoms with Gasteiger partial charge in [-0.25, -0.2) is 0 Å². The maximum Gasteiger partial charge on any atom is 0.307 e. The fraction of sp³-hybridized carbons (Fsp3) is 0.235. The zero-order chi connectivity index (χ0) is 15.2. The van der Waals surface area contributed by atoms with Crippen LogP contribution in [-0.4, -0.2) is 11.1 Å². The molecule has 0 saturated heterocycles. The van der Waals surface area contributed by atoms with E-state index in [1.54, 1.807) is 0 Å². The van der Waals surface area contributed by atoms with Gasteiger partial charge in [0.25, 0.3) is 0 Å². The molecule has 0 aliphatic carbocycles. The normalized spacial score (nSPS) is 10.4. The molecule has 1 N–H and O–H groups in total. The van der Waals surface area contributed by atoms with E-state index in [4.69, 9.17) is 21.4 Å². The van der Waals surface area contributed by atoms with Crippen molar-refractivity contribution in [2.75, 3.05) is 0 Å². The lowest BCUT2D eigenvalue weighted by molar-refractivity contribution is -0.136. The van der Waals surface area contributed by atoms with Crippen molar-refractivity contribution in [2.45, 2.75) is 26.4 Å². The van der Waals surface area contributed by atoms with E-state index in [0.29, 0.717) is 6.61 Å². The Bertz CT molecular complexity index is 620. The molecule has 0 fully saturated rings. The predicted octanol–water partition coefficient (Wildman–Crippen LogP) is 4.11. The molecule has 3 nitrogen and oxygen atoms in total. The molecule has 0 amide bonds. The van der Waals surface area contributed by atoms with Crippen LogP contribution in [0.4, 0.5) is 0 Å². The number of hydrogen-bond donors (Lipinski definition) is 1. The van der Waals surface area contributed by atoms with Crippen molar-refractivity contribution in [3.63, 3.8) is 0 Å². The zero-order valence-corrected chi connectivity index (χ0v) is 12.6. The summed E-state index contributed by atoms with van der Waals surface area (Å²) < 4.78 is 5.74. The highest BCUT2D eigenvalue weighted by Crippen LogP contribution is 2.23. The molecule has 0 aliphatic rings. The molecule has 0 atom stereocenters. The van der Waals surface area contributed by atoms with E-state index >= 15 is 0 Å². The largest absolute Gasteiger partial charge is 0.489 e. The van der Waals surface area contributed by atoms with Crippen LogP contribution in [0, 0.1) is 0 Å². The maximum atomic E-state index is 10.6. The minimum Gasteiger partial charge on any atom is -0.489 e. The lowest BCUT2D eigenvalue weighted by atomic mass is 10.1. The van der Waals surface area contributed by atoms with Crippen molar-refractivity contribution >= 4 is 17.6 Å².